The molecule has 0 radical (unpaired) electrons. The van der Waals surface area contributed by atoms with Gasteiger partial charge in [-0.1, -0.05) is 30.3 Å². The first kappa shape index (κ1) is 12.1. The van der Waals surface area contributed by atoms with Gasteiger partial charge in [0, 0.05) is 32.0 Å². The SMILES string of the molecule is CN1CCN(c2ncccn2)CC1c1ccccc1. The highest BCUT2D eigenvalue weighted by atomic mass is 15.3. The molecule has 3 rings (SSSR count). The molecule has 1 aliphatic heterocycles. The van der Waals surface area contributed by atoms with Crippen LogP contribution in [0.3, 0.4) is 0 Å². The van der Waals surface area contributed by atoms with Crippen molar-refractivity contribution in [3.05, 3.63) is 54.4 Å². The van der Waals surface area contributed by atoms with Crippen LogP contribution in [0, 0.1) is 0 Å². The summed E-state index contributed by atoms with van der Waals surface area (Å²) in [5.41, 5.74) is 1.35. The zero-order valence-electron chi connectivity index (χ0n) is 11.1. The minimum Gasteiger partial charge on any atom is -0.338 e. The molecule has 1 fully saturated rings. The first-order chi connectivity index (χ1) is 9.34. The van der Waals surface area contributed by atoms with Crippen LogP contribution in [0.15, 0.2) is 48.8 Å². The Bertz CT molecular complexity index is 514. The lowest BCUT2D eigenvalue weighted by Gasteiger charge is -2.39. The third-order valence-electron chi connectivity index (χ3n) is 3.67. The second kappa shape index (κ2) is 5.36. The van der Waals surface area contributed by atoms with Crippen LogP contribution in [0.1, 0.15) is 11.6 Å². The fraction of sp³-hybridized carbons (Fsp3) is 0.333. The van der Waals surface area contributed by atoms with Crippen LogP contribution in [0.4, 0.5) is 5.95 Å². The summed E-state index contributed by atoms with van der Waals surface area (Å²) in [5.74, 6) is 0.830. The number of hydrogen-bond acceptors (Lipinski definition) is 4. The zero-order chi connectivity index (χ0) is 13.1. The van der Waals surface area contributed by atoms with E-state index in [1.54, 1.807) is 12.4 Å². The summed E-state index contributed by atoms with van der Waals surface area (Å²) in [6, 6.07) is 12.9. The number of piperazine rings is 1. The molecule has 0 saturated carbocycles. The topological polar surface area (TPSA) is 32.3 Å². The summed E-state index contributed by atoms with van der Waals surface area (Å²) in [6.45, 7) is 2.94. The molecule has 1 unspecified atom stereocenters. The van der Waals surface area contributed by atoms with E-state index in [4.69, 9.17) is 0 Å². The highest BCUT2D eigenvalue weighted by Gasteiger charge is 2.26. The Hall–Kier alpha value is -1.94. The van der Waals surface area contributed by atoms with Crippen LogP contribution in [0.2, 0.25) is 0 Å². The van der Waals surface area contributed by atoms with E-state index >= 15 is 0 Å². The quantitative estimate of drug-likeness (QED) is 0.820. The maximum Gasteiger partial charge on any atom is 0.225 e. The summed E-state index contributed by atoms with van der Waals surface area (Å²) in [7, 11) is 2.18. The number of nitrogens with zero attached hydrogens (tertiary/aromatic N) is 4. The average Bonchev–Trinajstić information content (AvgIpc) is 2.49. The van der Waals surface area contributed by atoms with Crippen molar-refractivity contribution in [3.8, 4) is 0 Å². The van der Waals surface area contributed by atoms with Gasteiger partial charge in [-0.2, -0.15) is 0 Å². The second-order valence-corrected chi connectivity index (χ2v) is 4.90. The van der Waals surface area contributed by atoms with Crippen molar-refractivity contribution in [2.24, 2.45) is 0 Å². The van der Waals surface area contributed by atoms with E-state index in [1.807, 2.05) is 6.07 Å². The lowest BCUT2D eigenvalue weighted by molar-refractivity contribution is 0.220. The van der Waals surface area contributed by atoms with Crippen molar-refractivity contribution in [3.63, 3.8) is 0 Å². The molecule has 0 N–H and O–H groups in total. The molecule has 1 aromatic carbocycles. The molecule has 1 aromatic heterocycles. The summed E-state index contributed by atoms with van der Waals surface area (Å²) < 4.78 is 0. The van der Waals surface area contributed by atoms with Crippen LogP contribution in [-0.2, 0) is 0 Å². The number of anilines is 1. The minimum absolute atomic E-state index is 0.402. The largest absolute Gasteiger partial charge is 0.338 e. The Balaban J connectivity index is 1.82. The summed E-state index contributed by atoms with van der Waals surface area (Å²) in [5, 5.41) is 0. The second-order valence-electron chi connectivity index (χ2n) is 4.90. The molecular weight excluding hydrogens is 236 g/mol. The summed E-state index contributed by atoms with van der Waals surface area (Å²) in [6.07, 6.45) is 3.61. The van der Waals surface area contributed by atoms with Crippen molar-refractivity contribution >= 4 is 5.95 Å². The van der Waals surface area contributed by atoms with Crippen LogP contribution >= 0.6 is 0 Å². The van der Waals surface area contributed by atoms with Gasteiger partial charge in [-0.25, -0.2) is 9.97 Å². The summed E-state index contributed by atoms with van der Waals surface area (Å²) >= 11 is 0. The number of rotatable bonds is 2. The van der Waals surface area contributed by atoms with E-state index < -0.39 is 0 Å². The molecule has 4 heteroatoms. The van der Waals surface area contributed by atoms with Crippen LogP contribution in [-0.4, -0.2) is 41.5 Å². The third-order valence-corrected chi connectivity index (χ3v) is 3.67. The fourth-order valence-electron chi connectivity index (χ4n) is 2.54. The van der Waals surface area contributed by atoms with E-state index in [0.29, 0.717) is 6.04 Å². The molecule has 98 valence electrons. The van der Waals surface area contributed by atoms with E-state index in [-0.39, 0.29) is 0 Å². The lowest BCUT2D eigenvalue weighted by atomic mass is 10.0. The van der Waals surface area contributed by atoms with Gasteiger partial charge in [0.25, 0.3) is 0 Å². The molecule has 19 heavy (non-hydrogen) atoms. The third kappa shape index (κ3) is 2.58. The molecule has 0 aliphatic carbocycles. The van der Waals surface area contributed by atoms with Crippen LogP contribution < -0.4 is 4.90 Å². The van der Waals surface area contributed by atoms with Gasteiger partial charge in [0.1, 0.15) is 0 Å². The predicted octanol–water partition coefficient (Wildman–Crippen LogP) is 1.97. The maximum atomic E-state index is 4.35. The zero-order valence-corrected chi connectivity index (χ0v) is 11.1. The van der Waals surface area contributed by atoms with Gasteiger partial charge in [0.15, 0.2) is 0 Å². The first-order valence-corrected chi connectivity index (χ1v) is 6.62. The average molecular weight is 254 g/mol. The van der Waals surface area contributed by atoms with Crippen molar-refractivity contribution in [1.29, 1.82) is 0 Å². The Morgan fingerprint density at radius 2 is 1.74 bits per heavy atom. The molecular formula is C15H18N4. The van der Waals surface area contributed by atoms with Gasteiger partial charge in [-0.3, -0.25) is 4.90 Å². The predicted molar refractivity (Wildman–Crippen MR) is 76.1 cm³/mol. The van der Waals surface area contributed by atoms with Gasteiger partial charge < -0.3 is 4.90 Å². The summed E-state index contributed by atoms with van der Waals surface area (Å²) in [4.78, 5) is 13.4. The van der Waals surface area contributed by atoms with Gasteiger partial charge in [-0.15, -0.1) is 0 Å². The number of benzene rings is 1. The fourth-order valence-corrected chi connectivity index (χ4v) is 2.54. The van der Waals surface area contributed by atoms with E-state index in [2.05, 4.69) is 57.1 Å². The maximum absolute atomic E-state index is 4.35. The van der Waals surface area contributed by atoms with E-state index in [0.717, 1.165) is 25.6 Å². The molecule has 1 aliphatic rings. The van der Waals surface area contributed by atoms with Crippen LogP contribution in [0.5, 0.6) is 0 Å². The van der Waals surface area contributed by atoms with Gasteiger partial charge in [0.2, 0.25) is 5.95 Å². The normalized spacial score (nSPS) is 20.5. The molecule has 0 spiro atoms. The lowest BCUT2D eigenvalue weighted by Crippen LogP contribution is -2.47. The standard InChI is InChI=1S/C15H18N4/c1-18-10-11-19(15-16-8-5-9-17-15)12-14(18)13-6-3-2-4-7-13/h2-9,14H,10-12H2,1H3. The molecule has 2 heterocycles. The molecule has 4 nitrogen and oxygen atoms in total. The van der Waals surface area contributed by atoms with Crippen molar-refractivity contribution in [2.75, 3.05) is 31.6 Å². The molecule has 0 amide bonds. The van der Waals surface area contributed by atoms with E-state index in [1.165, 1.54) is 5.56 Å². The number of hydrogen-bond donors (Lipinski definition) is 0. The highest BCUT2D eigenvalue weighted by molar-refractivity contribution is 5.32. The molecule has 0 bridgehead atoms. The van der Waals surface area contributed by atoms with Gasteiger partial charge >= 0.3 is 0 Å². The molecule has 1 saturated heterocycles. The minimum atomic E-state index is 0.402. The van der Waals surface area contributed by atoms with Gasteiger partial charge in [0.05, 0.1) is 6.04 Å². The monoisotopic (exact) mass is 254 g/mol. The van der Waals surface area contributed by atoms with Crippen molar-refractivity contribution in [1.82, 2.24) is 14.9 Å². The Labute approximate surface area is 113 Å². The molecule has 1 atom stereocenters. The van der Waals surface area contributed by atoms with Gasteiger partial charge in [-0.05, 0) is 18.7 Å². The Morgan fingerprint density at radius 1 is 1.00 bits per heavy atom. The number of aromatic nitrogens is 2. The number of likely N-dealkylation sites (N-methyl/N-ethyl adjacent to an activating group) is 1. The smallest absolute Gasteiger partial charge is 0.225 e. The van der Waals surface area contributed by atoms with Crippen molar-refractivity contribution in [2.45, 2.75) is 6.04 Å². The Kier molecular flexibility index (Phi) is 3.42. The van der Waals surface area contributed by atoms with Crippen molar-refractivity contribution < 1.29 is 0 Å². The highest BCUT2D eigenvalue weighted by Crippen LogP contribution is 2.25. The Morgan fingerprint density at radius 3 is 2.47 bits per heavy atom. The van der Waals surface area contributed by atoms with E-state index in [9.17, 15) is 0 Å². The molecule has 2 aromatic rings. The first-order valence-electron chi connectivity index (χ1n) is 6.62. The van der Waals surface area contributed by atoms with Crippen LogP contribution in [0.25, 0.3) is 0 Å².